The summed E-state index contributed by atoms with van der Waals surface area (Å²) in [4.78, 5) is 11.6. The maximum atomic E-state index is 11.6. The van der Waals surface area contributed by atoms with Crippen molar-refractivity contribution in [3.8, 4) is 0 Å². The molecule has 0 bridgehead atoms. The average Bonchev–Trinajstić information content (AvgIpc) is 1.99. The Balaban J connectivity index is 4.17. The molecule has 0 saturated heterocycles. The first-order valence-electron chi connectivity index (χ1n) is 6.14. The highest BCUT2D eigenvalue weighted by molar-refractivity contribution is 6.74. The van der Waals surface area contributed by atoms with Gasteiger partial charge in [-0.1, -0.05) is 26.7 Å². The standard InChI is InChI=1S/C11H26O3Si2/c1-7-9-15(3,4)13-11(12)14-16(5,6)10-8-2/h7-10H2,1-6H3. The van der Waals surface area contributed by atoms with E-state index in [1.807, 2.05) is 0 Å². The largest absolute Gasteiger partial charge is 0.490 e. The predicted octanol–water partition coefficient (Wildman–Crippen LogP) is 4.37. The van der Waals surface area contributed by atoms with Gasteiger partial charge >= 0.3 is 6.16 Å². The maximum Gasteiger partial charge on any atom is 0.480 e. The molecule has 0 heterocycles. The van der Waals surface area contributed by atoms with E-state index in [1.54, 1.807) is 0 Å². The molecular formula is C11H26O3Si2. The van der Waals surface area contributed by atoms with E-state index in [4.69, 9.17) is 8.85 Å². The topological polar surface area (TPSA) is 35.5 Å². The van der Waals surface area contributed by atoms with Crippen molar-refractivity contribution in [2.75, 3.05) is 0 Å². The van der Waals surface area contributed by atoms with Crippen molar-refractivity contribution < 1.29 is 13.6 Å². The van der Waals surface area contributed by atoms with E-state index in [1.165, 1.54) is 0 Å². The van der Waals surface area contributed by atoms with Crippen molar-refractivity contribution in [3.63, 3.8) is 0 Å². The van der Waals surface area contributed by atoms with E-state index in [-0.39, 0.29) is 0 Å². The monoisotopic (exact) mass is 262 g/mol. The zero-order chi connectivity index (χ0) is 12.8. The Hall–Kier alpha value is -0.296. The second-order valence-corrected chi connectivity index (χ2v) is 13.9. The van der Waals surface area contributed by atoms with Crippen LogP contribution in [0.15, 0.2) is 0 Å². The summed E-state index contributed by atoms with van der Waals surface area (Å²) >= 11 is 0. The normalized spacial score (nSPS) is 12.4. The van der Waals surface area contributed by atoms with Crippen molar-refractivity contribution in [1.29, 1.82) is 0 Å². The number of rotatable bonds is 6. The van der Waals surface area contributed by atoms with Crippen LogP contribution in [0.2, 0.25) is 38.3 Å². The molecule has 0 rings (SSSR count). The van der Waals surface area contributed by atoms with Crippen molar-refractivity contribution in [3.05, 3.63) is 0 Å². The summed E-state index contributed by atoms with van der Waals surface area (Å²) < 4.78 is 10.9. The van der Waals surface area contributed by atoms with Crippen LogP contribution >= 0.6 is 0 Å². The highest BCUT2D eigenvalue weighted by Crippen LogP contribution is 2.18. The Morgan fingerprint density at radius 1 is 0.875 bits per heavy atom. The van der Waals surface area contributed by atoms with Crippen LogP contribution in [-0.2, 0) is 8.85 Å². The second kappa shape index (κ2) is 6.44. The maximum absolute atomic E-state index is 11.6. The molecule has 0 fully saturated rings. The molecule has 0 amide bonds. The first-order valence-corrected chi connectivity index (χ1v) is 12.4. The minimum atomic E-state index is -1.84. The lowest BCUT2D eigenvalue weighted by Gasteiger charge is -2.26. The molecular weight excluding hydrogens is 236 g/mol. The van der Waals surface area contributed by atoms with Crippen LogP contribution in [0.5, 0.6) is 0 Å². The Labute approximate surface area is 102 Å². The van der Waals surface area contributed by atoms with Gasteiger partial charge in [0, 0.05) is 0 Å². The van der Waals surface area contributed by atoms with Crippen molar-refractivity contribution in [2.24, 2.45) is 0 Å². The van der Waals surface area contributed by atoms with Crippen LogP contribution in [0.4, 0.5) is 4.79 Å². The van der Waals surface area contributed by atoms with Gasteiger partial charge in [-0.05, 0) is 38.3 Å². The molecule has 96 valence electrons. The molecule has 0 aliphatic rings. The fourth-order valence-corrected chi connectivity index (χ4v) is 5.46. The molecule has 0 saturated carbocycles. The Bertz CT molecular complexity index is 205. The van der Waals surface area contributed by atoms with Gasteiger partial charge in [0.15, 0.2) is 0 Å². The van der Waals surface area contributed by atoms with Gasteiger partial charge in [0.2, 0.25) is 0 Å². The van der Waals surface area contributed by atoms with Crippen LogP contribution in [0, 0.1) is 0 Å². The summed E-state index contributed by atoms with van der Waals surface area (Å²) in [5.41, 5.74) is 0. The van der Waals surface area contributed by atoms with Gasteiger partial charge in [-0.15, -0.1) is 0 Å². The molecule has 16 heavy (non-hydrogen) atoms. The van der Waals surface area contributed by atoms with E-state index in [0.717, 1.165) is 24.9 Å². The molecule has 0 aliphatic heterocycles. The lowest BCUT2D eigenvalue weighted by atomic mass is 10.6. The summed E-state index contributed by atoms with van der Waals surface area (Å²) in [5, 5.41) is 0. The van der Waals surface area contributed by atoms with Gasteiger partial charge in [0.25, 0.3) is 16.6 Å². The smallest absolute Gasteiger partial charge is 0.480 e. The summed E-state index contributed by atoms with van der Waals surface area (Å²) in [6, 6.07) is 2.00. The van der Waals surface area contributed by atoms with E-state index in [2.05, 4.69) is 40.0 Å². The zero-order valence-electron chi connectivity index (χ0n) is 11.6. The van der Waals surface area contributed by atoms with Gasteiger partial charge in [0.1, 0.15) is 0 Å². The zero-order valence-corrected chi connectivity index (χ0v) is 13.6. The fourth-order valence-electron chi connectivity index (χ4n) is 1.78. The lowest BCUT2D eigenvalue weighted by molar-refractivity contribution is 0.146. The minimum absolute atomic E-state index is 0.435. The third kappa shape index (κ3) is 7.06. The van der Waals surface area contributed by atoms with Gasteiger partial charge in [-0.25, -0.2) is 4.79 Å². The van der Waals surface area contributed by atoms with Crippen LogP contribution in [-0.4, -0.2) is 22.8 Å². The molecule has 5 heteroatoms. The summed E-state index contributed by atoms with van der Waals surface area (Å²) in [6.07, 6.45) is 1.68. The predicted molar refractivity (Wildman–Crippen MR) is 72.7 cm³/mol. The molecule has 0 unspecified atom stereocenters. The number of hydrogen-bond donors (Lipinski definition) is 0. The first-order chi connectivity index (χ1) is 7.22. The summed E-state index contributed by atoms with van der Waals surface area (Å²) in [5.74, 6) is 0. The van der Waals surface area contributed by atoms with E-state index >= 15 is 0 Å². The first kappa shape index (κ1) is 15.7. The minimum Gasteiger partial charge on any atom is -0.490 e. The van der Waals surface area contributed by atoms with E-state index in [9.17, 15) is 4.79 Å². The molecule has 0 aromatic carbocycles. The number of hydrogen-bond acceptors (Lipinski definition) is 3. The lowest BCUT2D eigenvalue weighted by Crippen LogP contribution is -2.39. The fraction of sp³-hybridized carbons (Fsp3) is 0.909. The third-order valence-corrected chi connectivity index (χ3v) is 7.27. The van der Waals surface area contributed by atoms with Crippen molar-refractivity contribution >= 4 is 22.8 Å². The Morgan fingerprint density at radius 2 is 1.19 bits per heavy atom. The summed E-state index contributed by atoms with van der Waals surface area (Å²) in [6.45, 7) is 12.5. The van der Waals surface area contributed by atoms with Gasteiger partial charge in [-0.3, -0.25) is 0 Å². The van der Waals surface area contributed by atoms with Crippen LogP contribution in [0.1, 0.15) is 26.7 Å². The molecule has 0 spiro atoms. The van der Waals surface area contributed by atoms with Gasteiger partial charge in [0.05, 0.1) is 0 Å². The highest BCUT2D eigenvalue weighted by atomic mass is 28.4. The Kier molecular flexibility index (Phi) is 6.32. The third-order valence-electron chi connectivity index (χ3n) is 2.42. The molecule has 0 aromatic heterocycles. The number of carbonyl (C=O) groups excluding carboxylic acids is 1. The molecule has 0 aliphatic carbocycles. The number of carbonyl (C=O) groups is 1. The second-order valence-electron chi connectivity index (χ2n) is 5.47. The highest BCUT2D eigenvalue weighted by Gasteiger charge is 2.31. The Morgan fingerprint density at radius 3 is 1.44 bits per heavy atom. The van der Waals surface area contributed by atoms with Crippen molar-refractivity contribution in [1.82, 2.24) is 0 Å². The summed E-state index contributed by atoms with van der Waals surface area (Å²) in [7, 11) is -3.68. The van der Waals surface area contributed by atoms with E-state index in [0.29, 0.717) is 0 Å². The van der Waals surface area contributed by atoms with Crippen LogP contribution in [0.25, 0.3) is 0 Å². The van der Waals surface area contributed by atoms with E-state index < -0.39 is 22.8 Å². The molecule has 0 atom stereocenters. The van der Waals surface area contributed by atoms with Gasteiger partial charge < -0.3 is 8.85 Å². The van der Waals surface area contributed by atoms with Crippen LogP contribution in [0.3, 0.4) is 0 Å². The SMILES string of the molecule is CCC[Si](C)(C)OC(=O)O[Si](C)(C)CCC. The van der Waals surface area contributed by atoms with Crippen LogP contribution < -0.4 is 0 Å². The quantitative estimate of drug-likeness (QED) is 0.667. The molecule has 3 nitrogen and oxygen atoms in total. The average molecular weight is 262 g/mol. The molecule has 0 radical (unpaired) electrons. The van der Waals surface area contributed by atoms with Gasteiger partial charge in [-0.2, -0.15) is 0 Å². The molecule has 0 aromatic rings. The molecule has 0 N–H and O–H groups in total. The van der Waals surface area contributed by atoms with Crippen molar-refractivity contribution in [2.45, 2.75) is 65.0 Å².